The molecule has 4 rings (SSSR count). The molecular formula is C24H22FN7O5. The van der Waals surface area contributed by atoms with E-state index in [1.807, 2.05) is 0 Å². The number of hydrogen-bond donors (Lipinski definition) is 2. The monoisotopic (exact) mass is 507 g/mol. The van der Waals surface area contributed by atoms with Gasteiger partial charge in [-0.1, -0.05) is 25.0 Å². The Hall–Kier alpha value is -4.99. The first-order valence-corrected chi connectivity index (χ1v) is 11.2. The van der Waals surface area contributed by atoms with Gasteiger partial charge in [0.05, 0.1) is 23.0 Å². The van der Waals surface area contributed by atoms with Crippen LogP contribution in [0.15, 0.2) is 59.9 Å². The summed E-state index contributed by atoms with van der Waals surface area (Å²) in [5.41, 5.74) is 5.60. The molecule has 2 aromatic carbocycles. The Bertz CT molecular complexity index is 1350. The van der Waals surface area contributed by atoms with Gasteiger partial charge in [-0.3, -0.25) is 24.4 Å². The van der Waals surface area contributed by atoms with Gasteiger partial charge in [0.15, 0.2) is 5.82 Å². The summed E-state index contributed by atoms with van der Waals surface area (Å²) in [7, 11) is 0. The highest BCUT2D eigenvalue weighted by atomic mass is 19.1. The van der Waals surface area contributed by atoms with Crippen LogP contribution in [0.5, 0.6) is 0 Å². The van der Waals surface area contributed by atoms with Crippen LogP contribution < -0.4 is 11.1 Å². The summed E-state index contributed by atoms with van der Waals surface area (Å²) in [6, 6.07) is 13.1. The molecule has 3 N–H and O–H groups in total. The van der Waals surface area contributed by atoms with E-state index in [0.29, 0.717) is 11.5 Å². The molecule has 13 heteroatoms. The summed E-state index contributed by atoms with van der Waals surface area (Å²) in [5, 5.41) is 29.2. The van der Waals surface area contributed by atoms with Gasteiger partial charge in [0, 0.05) is 23.1 Å². The van der Waals surface area contributed by atoms with Crippen LogP contribution in [0, 0.1) is 38.1 Å². The molecule has 1 heterocycles. The second kappa shape index (κ2) is 12.1. The number of benzene rings is 2. The largest absolute Gasteiger partial charge is 0.365 e. The van der Waals surface area contributed by atoms with Crippen LogP contribution in [0.25, 0.3) is 0 Å². The van der Waals surface area contributed by atoms with Gasteiger partial charge in [-0.05, 0) is 43.2 Å². The van der Waals surface area contributed by atoms with E-state index >= 15 is 0 Å². The van der Waals surface area contributed by atoms with Gasteiger partial charge in [0.25, 0.3) is 11.6 Å². The Morgan fingerprint density at radius 1 is 1.16 bits per heavy atom. The fourth-order valence-electron chi connectivity index (χ4n) is 3.95. The van der Waals surface area contributed by atoms with Gasteiger partial charge in [0.2, 0.25) is 0 Å². The summed E-state index contributed by atoms with van der Waals surface area (Å²) in [5.74, 6) is -1.89. The van der Waals surface area contributed by atoms with E-state index in [1.165, 1.54) is 30.3 Å². The molecule has 1 fully saturated rings. The molecule has 0 radical (unpaired) electrons. The number of nitroso groups, excluding NO2 is 1. The summed E-state index contributed by atoms with van der Waals surface area (Å²) in [4.78, 5) is 41.9. The van der Waals surface area contributed by atoms with E-state index in [1.54, 1.807) is 23.0 Å². The number of carbonyl (C=O) groups is 2. The van der Waals surface area contributed by atoms with Crippen LogP contribution >= 0.6 is 0 Å². The minimum Gasteiger partial charge on any atom is -0.365 e. The van der Waals surface area contributed by atoms with Crippen LogP contribution in [0.3, 0.4) is 0 Å². The van der Waals surface area contributed by atoms with E-state index in [4.69, 9.17) is 5.73 Å². The zero-order chi connectivity index (χ0) is 26.9. The highest BCUT2D eigenvalue weighted by molar-refractivity contribution is 5.98. The van der Waals surface area contributed by atoms with Gasteiger partial charge in [-0.15, -0.1) is 4.91 Å². The predicted octanol–water partition coefficient (Wildman–Crippen LogP) is 4.62. The molecule has 0 spiro atoms. The predicted molar refractivity (Wildman–Crippen MR) is 130 cm³/mol. The number of nitriles is 1. The van der Waals surface area contributed by atoms with Crippen LogP contribution in [0.1, 0.15) is 52.4 Å². The number of nitrogens with one attached hydrogen (secondary N) is 1. The number of para-hydroxylation sites is 1. The standard InChI is InChI=1S/C17H18FN5O.C7H4N2O4/c18-12-5-7-13(8-6-12)21-17-14(16(20)24)10-23(22-17)15-4-2-1-3-11(15)9-19;10-7(8-11)5-3-1-2-4-6(5)9(12)13/h5-8,10-11,15H,1-4H2,(H2,20,24)(H,21,22);1-4H/t11?,15-;/m0./s1. The number of aromatic nitrogens is 2. The Morgan fingerprint density at radius 2 is 1.84 bits per heavy atom. The first-order chi connectivity index (χ1) is 17.7. The number of hydrogen-bond acceptors (Lipinski definition) is 8. The van der Waals surface area contributed by atoms with Gasteiger partial charge in [-0.2, -0.15) is 10.4 Å². The van der Waals surface area contributed by atoms with Gasteiger partial charge in [0.1, 0.15) is 16.9 Å². The highest BCUT2D eigenvalue weighted by Crippen LogP contribution is 2.34. The number of halogens is 1. The van der Waals surface area contributed by atoms with Crippen LogP contribution in [0.2, 0.25) is 0 Å². The molecule has 0 saturated heterocycles. The Morgan fingerprint density at radius 3 is 2.46 bits per heavy atom. The normalized spacial score (nSPS) is 16.4. The summed E-state index contributed by atoms with van der Waals surface area (Å²) >= 11 is 0. The van der Waals surface area contributed by atoms with E-state index in [2.05, 4.69) is 21.7 Å². The smallest absolute Gasteiger partial charge is 0.323 e. The average Bonchev–Trinajstić information content (AvgIpc) is 3.33. The van der Waals surface area contributed by atoms with E-state index < -0.39 is 22.4 Å². The van der Waals surface area contributed by atoms with Crippen molar-refractivity contribution in [3.63, 3.8) is 0 Å². The number of primary amides is 1. The Balaban J connectivity index is 0.000000248. The number of rotatable bonds is 6. The molecule has 2 atom stereocenters. The second-order valence-electron chi connectivity index (χ2n) is 8.13. The van der Waals surface area contributed by atoms with Crippen molar-refractivity contribution in [2.45, 2.75) is 31.7 Å². The third-order valence-corrected chi connectivity index (χ3v) is 5.75. The molecule has 1 aliphatic rings. The van der Waals surface area contributed by atoms with Crippen molar-refractivity contribution in [2.75, 3.05) is 5.32 Å². The zero-order valence-corrected chi connectivity index (χ0v) is 19.4. The molecule has 1 aromatic heterocycles. The van der Waals surface area contributed by atoms with Crippen molar-refractivity contribution in [2.24, 2.45) is 16.8 Å². The molecule has 12 nitrogen and oxygen atoms in total. The lowest BCUT2D eigenvalue weighted by atomic mass is 9.85. The highest BCUT2D eigenvalue weighted by Gasteiger charge is 2.29. The number of nitrogens with two attached hydrogens (primary N) is 1. The van der Waals surface area contributed by atoms with E-state index in [9.17, 15) is 34.3 Å². The lowest BCUT2D eigenvalue weighted by Crippen LogP contribution is -2.22. The molecule has 3 aromatic rings. The maximum absolute atomic E-state index is 13.0. The van der Waals surface area contributed by atoms with Crippen molar-refractivity contribution < 1.29 is 18.9 Å². The molecule has 190 valence electrons. The van der Waals surface area contributed by atoms with Crippen LogP contribution in [-0.2, 0) is 0 Å². The lowest BCUT2D eigenvalue weighted by Gasteiger charge is -2.26. The minimum atomic E-state index is -1.13. The molecule has 1 aliphatic carbocycles. The van der Waals surface area contributed by atoms with Crippen molar-refractivity contribution >= 4 is 29.0 Å². The van der Waals surface area contributed by atoms with E-state index in [-0.39, 0.29) is 28.9 Å². The fourth-order valence-corrected chi connectivity index (χ4v) is 3.95. The Kier molecular flexibility index (Phi) is 8.71. The fraction of sp³-hybridized carbons (Fsp3) is 0.250. The topological polar surface area (TPSA) is 186 Å². The molecule has 0 bridgehead atoms. The molecular weight excluding hydrogens is 485 g/mol. The first-order valence-electron chi connectivity index (χ1n) is 11.2. The SMILES string of the molecule is N#CC1CCCC[C@@H]1n1cc(C(N)=O)c(Nc2ccc(F)cc2)n1.O=NC(=O)c1ccccc1[N+](=O)[O-]. The maximum atomic E-state index is 13.0. The lowest BCUT2D eigenvalue weighted by molar-refractivity contribution is -0.385. The van der Waals surface area contributed by atoms with Gasteiger partial charge < -0.3 is 11.1 Å². The first kappa shape index (κ1) is 26.6. The molecule has 2 amide bonds. The Labute approximate surface area is 210 Å². The van der Waals surface area contributed by atoms with E-state index in [0.717, 1.165) is 31.7 Å². The minimum absolute atomic E-state index is 0.0642. The van der Waals surface area contributed by atoms with Crippen molar-refractivity contribution in [3.8, 4) is 6.07 Å². The molecule has 0 aliphatic heterocycles. The van der Waals surface area contributed by atoms with Crippen LogP contribution in [0.4, 0.5) is 21.6 Å². The van der Waals surface area contributed by atoms with Crippen molar-refractivity contribution in [1.29, 1.82) is 5.26 Å². The molecule has 1 unspecified atom stereocenters. The summed E-state index contributed by atoms with van der Waals surface area (Å²) in [6.07, 6.45) is 5.31. The number of nitrogens with zero attached hydrogens (tertiary/aromatic N) is 5. The second-order valence-corrected chi connectivity index (χ2v) is 8.13. The third kappa shape index (κ3) is 6.57. The molecule has 1 saturated carbocycles. The maximum Gasteiger partial charge on any atom is 0.323 e. The number of nitro benzene ring substituents is 1. The van der Waals surface area contributed by atoms with Crippen LogP contribution in [-0.4, -0.2) is 26.5 Å². The molecule has 37 heavy (non-hydrogen) atoms. The number of anilines is 2. The number of nitro groups is 1. The zero-order valence-electron chi connectivity index (χ0n) is 19.4. The van der Waals surface area contributed by atoms with Crippen molar-refractivity contribution in [1.82, 2.24) is 9.78 Å². The van der Waals surface area contributed by atoms with Gasteiger partial charge in [-0.25, -0.2) is 4.39 Å². The number of carbonyl (C=O) groups excluding carboxylic acids is 2. The average molecular weight is 507 g/mol. The summed E-state index contributed by atoms with van der Waals surface area (Å²) < 4.78 is 14.7. The third-order valence-electron chi connectivity index (χ3n) is 5.75. The van der Waals surface area contributed by atoms with Gasteiger partial charge >= 0.3 is 5.91 Å². The summed E-state index contributed by atoms with van der Waals surface area (Å²) in [6.45, 7) is 0. The quantitative estimate of drug-likeness (QED) is 0.275. The van der Waals surface area contributed by atoms with Crippen molar-refractivity contribution in [3.05, 3.63) is 86.7 Å². The number of amides is 2.